The lowest BCUT2D eigenvalue weighted by atomic mass is 10.1. The molecule has 3 aromatic rings. The number of nitrogens with zero attached hydrogens (tertiary/aromatic N) is 1. The smallest absolute Gasteiger partial charge is 0.311 e. The first-order chi connectivity index (χ1) is 15.4. The lowest BCUT2D eigenvalue weighted by molar-refractivity contribution is -0.385. The molecule has 1 aromatic heterocycles. The third-order valence-corrected chi connectivity index (χ3v) is 5.16. The van der Waals surface area contributed by atoms with Gasteiger partial charge in [-0.3, -0.25) is 25.0 Å². The van der Waals surface area contributed by atoms with Crippen LogP contribution in [0.5, 0.6) is 5.75 Å². The molecule has 0 aliphatic rings. The number of ether oxygens (including phenoxy) is 1. The number of benzene rings is 2. The highest BCUT2D eigenvalue weighted by Gasteiger charge is 2.19. The van der Waals surface area contributed by atoms with Crippen molar-refractivity contribution < 1.29 is 19.2 Å². The molecule has 3 N–H and O–H groups in total. The molecule has 0 fully saturated rings. The average molecular weight is 471 g/mol. The second-order valence-corrected chi connectivity index (χ2v) is 7.65. The van der Waals surface area contributed by atoms with E-state index in [-0.39, 0.29) is 34.6 Å². The molecule has 0 saturated carbocycles. The Balaban J connectivity index is 1.59. The first-order valence-corrected chi connectivity index (χ1v) is 10.6. The standard InChI is InChI=1S/C21H18N4O5S2/c1-2-30-17-10-5-13(12-16(17)25(28)29)19(26)24-21(31)23-15-8-6-14(7-9-15)22-20(27)18-4-3-11-32-18/h3-12H,2H2,1H3,(H,22,27)(H2,23,24,26,31). The van der Waals surface area contributed by atoms with E-state index in [0.717, 1.165) is 6.07 Å². The normalized spacial score (nSPS) is 10.2. The van der Waals surface area contributed by atoms with Crippen LogP contribution in [-0.4, -0.2) is 28.5 Å². The first kappa shape index (κ1) is 22.8. The van der Waals surface area contributed by atoms with E-state index in [1.807, 2.05) is 5.38 Å². The number of nitrogens with one attached hydrogen (secondary N) is 3. The van der Waals surface area contributed by atoms with E-state index in [2.05, 4.69) is 16.0 Å². The second kappa shape index (κ2) is 10.5. The van der Waals surface area contributed by atoms with Crippen LogP contribution in [0.4, 0.5) is 17.1 Å². The van der Waals surface area contributed by atoms with Gasteiger partial charge >= 0.3 is 5.69 Å². The Hall–Kier alpha value is -3.83. The Labute approximate surface area is 192 Å². The number of thiocarbonyl (C=S) groups is 1. The number of amides is 2. The van der Waals surface area contributed by atoms with Crippen LogP contribution in [0.15, 0.2) is 60.0 Å². The van der Waals surface area contributed by atoms with Crippen molar-refractivity contribution in [3.63, 3.8) is 0 Å². The van der Waals surface area contributed by atoms with Crippen LogP contribution in [0, 0.1) is 10.1 Å². The van der Waals surface area contributed by atoms with Crippen molar-refractivity contribution in [3.8, 4) is 5.75 Å². The van der Waals surface area contributed by atoms with Crippen molar-refractivity contribution >= 4 is 57.5 Å². The van der Waals surface area contributed by atoms with Crippen LogP contribution in [0.3, 0.4) is 0 Å². The fraction of sp³-hybridized carbons (Fsp3) is 0.0952. The fourth-order valence-corrected chi connectivity index (χ4v) is 3.48. The molecule has 0 radical (unpaired) electrons. The molecule has 0 bridgehead atoms. The minimum absolute atomic E-state index is 0.0157. The van der Waals surface area contributed by atoms with Crippen molar-refractivity contribution in [1.82, 2.24) is 5.32 Å². The van der Waals surface area contributed by atoms with Crippen LogP contribution in [0.25, 0.3) is 0 Å². The van der Waals surface area contributed by atoms with Gasteiger partial charge < -0.3 is 15.4 Å². The molecule has 0 aliphatic carbocycles. The first-order valence-electron chi connectivity index (χ1n) is 9.36. The maximum Gasteiger partial charge on any atom is 0.311 e. The van der Waals surface area contributed by atoms with Gasteiger partial charge in [-0.2, -0.15) is 0 Å². The lowest BCUT2D eigenvalue weighted by Crippen LogP contribution is -2.34. The van der Waals surface area contributed by atoms with E-state index in [4.69, 9.17) is 17.0 Å². The molecule has 32 heavy (non-hydrogen) atoms. The number of nitro benzene ring substituents is 1. The molecule has 0 unspecified atom stereocenters. The number of hydrogen-bond acceptors (Lipinski definition) is 7. The van der Waals surface area contributed by atoms with Gasteiger partial charge in [0, 0.05) is 23.0 Å². The summed E-state index contributed by atoms with van der Waals surface area (Å²) in [6.07, 6.45) is 0. The van der Waals surface area contributed by atoms with Gasteiger partial charge in [-0.25, -0.2) is 0 Å². The molecule has 0 saturated heterocycles. The van der Waals surface area contributed by atoms with E-state index in [1.165, 1.54) is 23.5 Å². The van der Waals surface area contributed by atoms with Gasteiger partial charge in [0.15, 0.2) is 10.9 Å². The van der Waals surface area contributed by atoms with Crippen molar-refractivity contribution in [2.45, 2.75) is 6.92 Å². The number of carbonyl (C=O) groups excluding carboxylic acids is 2. The molecule has 9 nitrogen and oxygen atoms in total. The molecule has 2 amide bonds. The van der Waals surface area contributed by atoms with E-state index >= 15 is 0 Å². The zero-order valence-corrected chi connectivity index (χ0v) is 18.4. The minimum Gasteiger partial charge on any atom is -0.487 e. The quantitative estimate of drug-likeness (QED) is 0.265. The second-order valence-electron chi connectivity index (χ2n) is 6.29. The highest BCUT2D eigenvalue weighted by atomic mass is 32.1. The average Bonchev–Trinajstić information content (AvgIpc) is 3.30. The summed E-state index contributed by atoms with van der Waals surface area (Å²) in [6.45, 7) is 1.97. The predicted octanol–water partition coefficient (Wildman–Crippen LogP) is 4.43. The van der Waals surface area contributed by atoms with Gasteiger partial charge in [-0.05, 0) is 67.0 Å². The molecular weight excluding hydrogens is 452 g/mol. The molecule has 11 heteroatoms. The number of nitro groups is 1. The highest BCUT2D eigenvalue weighted by Crippen LogP contribution is 2.28. The van der Waals surface area contributed by atoms with Crippen LogP contribution in [0.2, 0.25) is 0 Å². The zero-order chi connectivity index (χ0) is 23.1. The van der Waals surface area contributed by atoms with Gasteiger partial charge in [0.1, 0.15) is 0 Å². The van der Waals surface area contributed by atoms with Crippen LogP contribution in [-0.2, 0) is 0 Å². The SMILES string of the molecule is CCOc1ccc(C(=O)NC(=S)Nc2ccc(NC(=O)c3cccs3)cc2)cc1[N+](=O)[O-]. The monoisotopic (exact) mass is 470 g/mol. The Morgan fingerprint density at radius 3 is 2.34 bits per heavy atom. The summed E-state index contributed by atoms with van der Waals surface area (Å²) in [5.41, 5.74) is 0.946. The summed E-state index contributed by atoms with van der Waals surface area (Å²) >= 11 is 6.50. The summed E-state index contributed by atoms with van der Waals surface area (Å²) in [5, 5.41) is 21.2. The number of hydrogen-bond donors (Lipinski definition) is 3. The maximum absolute atomic E-state index is 12.4. The van der Waals surface area contributed by atoms with Gasteiger partial charge in [0.05, 0.1) is 16.4 Å². The molecule has 2 aromatic carbocycles. The molecule has 164 valence electrons. The largest absolute Gasteiger partial charge is 0.487 e. The Bertz CT molecular complexity index is 1150. The summed E-state index contributed by atoms with van der Waals surface area (Å²) < 4.78 is 5.21. The topological polar surface area (TPSA) is 123 Å². The van der Waals surface area contributed by atoms with Gasteiger partial charge in [-0.1, -0.05) is 6.07 Å². The van der Waals surface area contributed by atoms with Gasteiger partial charge in [0.25, 0.3) is 11.8 Å². The summed E-state index contributed by atoms with van der Waals surface area (Å²) in [7, 11) is 0. The highest BCUT2D eigenvalue weighted by molar-refractivity contribution is 7.80. The van der Waals surface area contributed by atoms with Gasteiger partial charge in [0.2, 0.25) is 0 Å². The maximum atomic E-state index is 12.4. The Morgan fingerprint density at radius 2 is 1.75 bits per heavy atom. The molecule has 0 atom stereocenters. The zero-order valence-electron chi connectivity index (χ0n) is 16.8. The van der Waals surface area contributed by atoms with Crippen LogP contribution in [0.1, 0.15) is 27.0 Å². The van der Waals surface area contributed by atoms with E-state index in [9.17, 15) is 19.7 Å². The number of rotatable bonds is 7. The number of anilines is 2. The number of thiophene rings is 1. The van der Waals surface area contributed by atoms with Crippen LogP contribution < -0.4 is 20.7 Å². The van der Waals surface area contributed by atoms with Crippen LogP contribution >= 0.6 is 23.6 Å². The fourth-order valence-electron chi connectivity index (χ4n) is 2.65. The van der Waals surface area contributed by atoms with E-state index in [0.29, 0.717) is 16.3 Å². The summed E-state index contributed by atoms with van der Waals surface area (Å²) in [5.74, 6) is -0.720. The molecule has 3 rings (SSSR count). The molecule has 0 spiro atoms. The van der Waals surface area contributed by atoms with Crippen molar-refractivity contribution in [1.29, 1.82) is 0 Å². The summed E-state index contributed by atoms with van der Waals surface area (Å²) in [4.78, 5) is 35.7. The third kappa shape index (κ3) is 5.86. The molecular formula is C21H18N4O5S2. The van der Waals surface area contributed by atoms with Gasteiger partial charge in [-0.15, -0.1) is 11.3 Å². The Morgan fingerprint density at radius 1 is 1.06 bits per heavy atom. The van der Waals surface area contributed by atoms with E-state index < -0.39 is 10.8 Å². The molecule has 0 aliphatic heterocycles. The minimum atomic E-state index is -0.614. The van der Waals surface area contributed by atoms with Crippen molar-refractivity contribution in [2.75, 3.05) is 17.2 Å². The summed E-state index contributed by atoms with van der Waals surface area (Å²) in [6, 6.07) is 14.2. The molecule has 1 heterocycles. The predicted molar refractivity (Wildman–Crippen MR) is 127 cm³/mol. The van der Waals surface area contributed by atoms with Crippen molar-refractivity contribution in [2.24, 2.45) is 0 Å². The third-order valence-electron chi connectivity index (χ3n) is 4.09. The lowest BCUT2D eigenvalue weighted by Gasteiger charge is -2.11. The van der Waals surface area contributed by atoms with Crippen molar-refractivity contribution in [3.05, 3.63) is 80.5 Å². The number of carbonyl (C=O) groups is 2. The Kier molecular flexibility index (Phi) is 7.47. The van der Waals surface area contributed by atoms with E-state index in [1.54, 1.807) is 43.3 Å².